The highest BCUT2D eigenvalue weighted by Crippen LogP contribution is 2.25. The Morgan fingerprint density at radius 3 is 2.50 bits per heavy atom. The van der Waals surface area contributed by atoms with E-state index in [1.54, 1.807) is 0 Å². The summed E-state index contributed by atoms with van der Waals surface area (Å²) >= 11 is 0. The van der Waals surface area contributed by atoms with Gasteiger partial charge in [0.15, 0.2) is 0 Å². The Bertz CT molecular complexity index is 759. The minimum atomic E-state index is -3.90. The van der Waals surface area contributed by atoms with Crippen molar-refractivity contribution in [2.45, 2.75) is 36.8 Å². The van der Waals surface area contributed by atoms with Crippen LogP contribution in [0.25, 0.3) is 0 Å². The predicted octanol–water partition coefficient (Wildman–Crippen LogP) is 0.674. The van der Waals surface area contributed by atoms with E-state index in [1.165, 1.54) is 4.31 Å². The molecule has 9 nitrogen and oxygen atoms in total. The summed E-state index contributed by atoms with van der Waals surface area (Å²) in [5, 5.41) is 11.4. The lowest BCUT2D eigenvalue weighted by Gasteiger charge is -2.31. The molecular weight excluding hydrogens is 364 g/mol. The first-order valence-corrected chi connectivity index (χ1v) is 10.0. The fraction of sp³-hybridized carbons (Fsp3) is 0.625. The van der Waals surface area contributed by atoms with Crippen LogP contribution in [0.4, 0.5) is 0 Å². The van der Waals surface area contributed by atoms with Crippen LogP contribution in [0.1, 0.15) is 36.2 Å². The zero-order chi connectivity index (χ0) is 18.7. The van der Waals surface area contributed by atoms with E-state index in [-0.39, 0.29) is 31.0 Å². The Kier molecular flexibility index (Phi) is 5.64. The third-order valence-corrected chi connectivity index (χ3v) is 6.49. The van der Waals surface area contributed by atoms with Crippen molar-refractivity contribution in [3.63, 3.8) is 0 Å². The molecule has 1 unspecified atom stereocenters. The number of hydrogen-bond acceptors (Lipinski definition) is 6. The summed E-state index contributed by atoms with van der Waals surface area (Å²) in [5.74, 6) is -2.06. The number of rotatable bonds is 5. The van der Waals surface area contributed by atoms with Crippen LogP contribution in [0, 0.1) is 5.92 Å². The summed E-state index contributed by atoms with van der Waals surface area (Å²) in [6, 6.07) is 2.28. The molecule has 2 aliphatic heterocycles. The van der Waals surface area contributed by atoms with Gasteiger partial charge < -0.3 is 19.6 Å². The van der Waals surface area contributed by atoms with E-state index in [0.29, 0.717) is 19.4 Å². The van der Waals surface area contributed by atoms with Gasteiger partial charge in [0.05, 0.1) is 12.6 Å². The molecule has 0 saturated carbocycles. The Morgan fingerprint density at radius 1 is 1.19 bits per heavy atom. The molecule has 2 N–H and O–H groups in total. The summed E-state index contributed by atoms with van der Waals surface area (Å²) in [6.07, 6.45) is 2.63. The summed E-state index contributed by atoms with van der Waals surface area (Å²) in [7, 11) is -3.90. The molecule has 3 rings (SSSR count). The van der Waals surface area contributed by atoms with Crippen molar-refractivity contribution in [1.82, 2.24) is 9.62 Å². The SMILES string of the molecule is O=C(O)c1ccc(S(=O)(=O)N2CCC(C(=O)NC3CCCOC3)CC2)o1. The molecule has 2 fully saturated rings. The summed E-state index contributed by atoms with van der Waals surface area (Å²) in [5.41, 5.74) is 0. The number of carboxylic acids is 1. The third-order valence-electron chi connectivity index (χ3n) is 4.72. The zero-order valence-electron chi connectivity index (χ0n) is 14.2. The molecule has 0 bridgehead atoms. The molecule has 0 radical (unpaired) electrons. The fourth-order valence-electron chi connectivity index (χ4n) is 3.23. The first-order chi connectivity index (χ1) is 12.4. The number of nitrogens with zero attached hydrogens (tertiary/aromatic N) is 1. The van der Waals surface area contributed by atoms with Gasteiger partial charge in [-0.05, 0) is 37.8 Å². The molecule has 144 valence electrons. The molecular formula is C16H22N2O7S. The van der Waals surface area contributed by atoms with Crippen molar-refractivity contribution in [3.8, 4) is 0 Å². The Morgan fingerprint density at radius 2 is 1.92 bits per heavy atom. The standard InChI is InChI=1S/C16H22N2O7S/c19-15(17-12-2-1-9-24-10-12)11-5-7-18(8-6-11)26(22,23)14-4-3-13(25-14)16(20)21/h3-4,11-12H,1-2,5-10H2,(H,17,19)(H,20,21). The minimum Gasteiger partial charge on any atom is -0.475 e. The number of carbonyl (C=O) groups excluding carboxylic acids is 1. The van der Waals surface area contributed by atoms with Crippen molar-refractivity contribution < 1.29 is 32.3 Å². The second-order valence-electron chi connectivity index (χ2n) is 6.52. The van der Waals surface area contributed by atoms with Crippen LogP contribution in [0.2, 0.25) is 0 Å². The van der Waals surface area contributed by atoms with Gasteiger partial charge in [0.1, 0.15) is 0 Å². The summed E-state index contributed by atoms with van der Waals surface area (Å²) < 4.78 is 36.6. The number of piperidine rings is 1. The summed E-state index contributed by atoms with van der Waals surface area (Å²) in [6.45, 7) is 1.61. The molecule has 0 aliphatic carbocycles. The molecule has 26 heavy (non-hydrogen) atoms. The van der Waals surface area contributed by atoms with Gasteiger partial charge in [-0.15, -0.1) is 0 Å². The van der Waals surface area contributed by atoms with Gasteiger partial charge in [0.25, 0.3) is 10.0 Å². The number of ether oxygens (including phenoxy) is 1. The lowest BCUT2D eigenvalue weighted by molar-refractivity contribution is -0.127. The van der Waals surface area contributed by atoms with E-state index in [1.807, 2.05) is 0 Å². The van der Waals surface area contributed by atoms with Crippen molar-refractivity contribution in [3.05, 3.63) is 17.9 Å². The van der Waals surface area contributed by atoms with Crippen molar-refractivity contribution in [2.24, 2.45) is 5.92 Å². The summed E-state index contributed by atoms with van der Waals surface area (Å²) in [4.78, 5) is 23.2. The molecule has 1 aromatic rings. The van der Waals surface area contributed by atoms with E-state index in [2.05, 4.69) is 5.32 Å². The number of sulfonamides is 1. The maximum Gasteiger partial charge on any atom is 0.371 e. The van der Waals surface area contributed by atoms with Crippen molar-refractivity contribution >= 4 is 21.9 Å². The highest BCUT2D eigenvalue weighted by Gasteiger charge is 2.34. The molecule has 1 aromatic heterocycles. The third kappa shape index (κ3) is 4.08. The van der Waals surface area contributed by atoms with E-state index in [4.69, 9.17) is 14.3 Å². The maximum absolute atomic E-state index is 12.5. The Labute approximate surface area is 151 Å². The topological polar surface area (TPSA) is 126 Å². The molecule has 1 amide bonds. The highest BCUT2D eigenvalue weighted by molar-refractivity contribution is 7.89. The van der Waals surface area contributed by atoms with Crippen LogP contribution in [0.15, 0.2) is 21.6 Å². The number of amides is 1. The predicted molar refractivity (Wildman–Crippen MR) is 89.1 cm³/mol. The van der Waals surface area contributed by atoms with Crippen LogP contribution in [0.3, 0.4) is 0 Å². The number of aromatic carboxylic acids is 1. The lowest BCUT2D eigenvalue weighted by atomic mass is 9.96. The van der Waals surface area contributed by atoms with Gasteiger partial charge in [-0.1, -0.05) is 0 Å². The average molecular weight is 386 g/mol. The molecule has 0 aromatic carbocycles. The first-order valence-electron chi connectivity index (χ1n) is 8.59. The second kappa shape index (κ2) is 7.77. The van der Waals surface area contributed by atoms with Gasteiger partial charge in [-0.2, -0.15) is 4.31 Å². The Hall–Kier alpha value is -1.91. The number of carboxylic acid groups (broad SMARTS) is 1. The normalized spacial score (nSPS) is 22.8. The number of nitrogens with one attached hydrogen (secondary N) is 1. The smallest absolute Gasteiger partial charge is 0.371 e. The van der Waals surface area contributed by atoms with Crippen LogP contribution >= 0.6 is 0 Å². The maximum atomic E-state index is 12.5. The van der Waals surface area contributed by atoms with Crippen LogP contribution in [-0.4, -0.2) is 62.1 Å². The largest absolute Gasteiger partial charge is 0.475 e. The average Bonchev–Trinajstić information content (AvgIpc) is 3.14. The van der Waals surface area contributed by atoms with Crippen LogP contribution < -0.4 is 5.32 Å². The van der Waals surface area contributed by atoms with Gasteiger partial charge in [0, 0.05) is 25.6 Å². The van der Waals surface area contributed by atoms with E-state index >= 15 is 0 Å². The van der Waals surface area contributed by atoms with E-state index in [9.17, 15) is 18.0 Å². The van der Waals surface area contributed by atoms with Gasteiger partial charge >= 0.3 is 5.97 Å². The van der Waals surface area contributed by atoms with Crippen LogP contribution in [-0.2, 0) is 19.6 Å². The molecule has 3 heterocycles. The number of hydrogen-bond donors (Lipinski definition) is 2. The van der Waals surface area contributed by atoms with Gasteiger partial charge in [0.2, 0.25) is 16.8 Å². The molecule has 2 saturated heterocycles. The van der Waals surface area contributed by atoms with Gasteiger partial charge in [-0.3, -0.25) is 4.79 Å². The second-order valence-corrected chi connectivity index (χ2v) is 8.39. The minimum absolute atomic E-state index is 0.0237. The molecule has 2 aliphatic rings. The lowest BCUT2D eigenvalue weighted by Crippen LogP contribution is -2.47. The van der Waals surface area contributed by atoms with Gasteiger partial charge in [-0.25, -0.2) is 13.2 Å². The number of furan rings is 1. The van der Waals surface area contributed by atoms with Crippen molar-refractivity contribution in [2.75, 3.05) is 26.3 Å². The number of carbonyl (C=O) groups is 2. The van der Waals surface area contributed by atoms with Crippen molar-refractivity contribution in [1.29, 1.82) is 0 Å². The van der Waals surface area contributed by atoms with E-state index < -0.39 is 26.8 Å². The van der Waals surface area contributed by atoms with Crippen LogP contribution in [0.5, 0.6) is 0 Å². The first kappa shape index (κ1) is 18.9. The zero-order valence-corrected chi connectivity index (χ0v) is 15.0. The molecule has 1 atom stereocenters. The highest BCUT2D eigenvalue weighted by atomic mass is 32.2. The fourth-order valence-corrected chi connectivity index (χ4v) is 4.61. The van der Waals surface area contributed by atoms with E-state index in [0.717, 1.165) is 31.6 Å². The monoisotopic (exact) mass is 386 g/mol. The molecule has 0 spiro atoms. The quantitative estimate of drug-likeness (QED) is 0.762. The Balaban J connectivity index is 1.56. The molecule has 10 heteroatoms.